The van der Waals surface area contributed by atoms with Gasteiger partial charge in [-0.2, -0.15) is 13.2 Å². The third-order valence-electron chi connectivity index (χ3n) is 3.03. The fourth-order valence-electron chi connectivity index (χ4n) is 1.99. The van der Waals surface area contributed by atoms with Crippen LogP contribution in [0.3, 0.4) is 0 Å². The number of carbonyl (C=O) groups excluding carboxylic acids is 1. The molecule has 9 heteroatoms. The zero-order valence-electron chi connectivity index (χ0n) is 11.2. The van der Waals surface area contributed by atoms with Gasteiger partial charge in [-0.15, -0.1) is 0 Å². The highest BCUT2D eigenvalue weighted by molar-refractivity contribution is 5.81. The number of carbonyl (C=O) groups is 1. The molecule has 1 aliphatic heterocycles. The van der Waals surface area contributed by atoms with Crippen molar-refractivity contribution in [1.29, 1.82) is 0 Å². The minimum Gasteiger partial charge on any atom is -0.353 e. The molecule has 1 fully saturated rings. The normalized spacial score (nSPS) is 18.5. The smallest absolute Gasteiger partial charge is 0.353 e. The van der Waals surface area contributed by atoms with Crippen LogP contribution >= 0.6 is 0 Å². The predicted octanol–water partition coefficient (Wildman–Crippen LogP) is 0.775. The molecule has 1 aromatic rings. The van der Waals surface area contributed by atoms with E-state index in [1.807, 2.05) is 0 Å². The van der Waals surface area contributed by atoms with Crippen LogP contribution in [0.1, 0.15) is 18.5 Å². The maximum atomic E-state index is 12.5. The number of rotatable bonds is 5. The standard InChI is InChI=1S/C12H16F3N5O/c13-12(14,15)9-3-5-18-11(20-9)19-7-6-17-10(21)8-2-1-4-16-8/h3,5,8,16H,1-2,4,6-7H2,(H,17,21)(H,18,19,20). The summed E-state index contributed by atoms with van der Waals surface area (Å²) in [6.07, 6.45) is -1.69. The summed E-state index contributed by atoms with van der Waals surface area (Å²) in [5.74, 6) is -0.211. The Balaban J connectivity index is 1.74. The van der Waals surface area contributed by atoms with Crippen LogP contribution in [0.5, 0.6) is 0 Å². The third-order valence-corrected chi connectivity index (χ3v) is 3.03. The quantitative estimate of drug-likeness (QED) is 0.701. The first kappa shape index (κ1) is 15.5. The lowest BCUT2D eigenvalue weighted by atomic mass is 10.2. The highest BCUT2D eigenvalue weighted by Crippen LogP contribution is 2.27. The number of halogens is 3. The van der Waals surface area contributed by atoms with Gasteiger partial charge in [0.15, 0.2) is 0 Å². The van der Waals surface area contributed by atoms with E-state index in [4.69, 9.17) is 0 Å². The van der Waals surface area contributed by atoms with Gasteiger partial charge < -0.3 is 16.0 Å². The number of anilines is 1. The average molecular weight is 303 g/mol. The molecule has 2 rings (SSSR count). The molecular weight excluding hydrogens is 287 g/mol. The molecular formula is C12H16F3N5O. The zero-order valence-corrected chi connectivity index (χ0v) is 11.2. The van der Waals surface area contributed by atoms with Gasteiger partial charge in [0, 0.05) is 19.3 Å². The molecule has 0 spiro atoms. The topological polar surface area (TPSA) is 78.9 Å². The second-order valence-electron chi connectivity index (χ2n) is 4.63. The van der Waals surface area contributed by atoms with Crippen molar-refractivity contribution in [3.63, 3.8) is 0 Å². The monoisotopic (exact) mass is 303 g/mol. The zero-order chi connectivity index (χ0) is 15.3. The molecule has 0 aromatic carbocycles. The first-order valence-electron chi connectivity index (χ1n) is 6.62. The van der Waals surface area contributed by atoms with Gasteiger partial charge in [-0.3, -0.25) is 4.79 Å². The number of hydrogen-bond acceptors (Lipinski definition) is 5. The average Bonchev–Trinajstić information content (AvgIpc) is 2.97. The van der Waals surface area contributed by atoms with Gasteiger partial charge in [0.2, 0.25) is 11.9 Å². The van der Waals surface area contributed by atoms with Gasteiger partial charge in [-0.05, 0) is 25.5 Å². The van der Waals surface area contributed by atoms with Gasteiger partial charge in [-0.25, -0.2) is 9.97 Å². The van der Waals surface area contributed by atoms with Gasteiger partial charge in [0.1, 0.15) is 5.69 Å². The van der Waals surface area contributed by atoms with E-state index >= 15 is 0 Å². The molecule has 2 heterocycles. The van der Waals surface area contributed by atoms with E-state index in [-0.39, 0.29) is 31.0 Å². The van der Waals surface area contributed by atoms with Crippen LogP contribution < -0.4 is 16.0 Å². The number of hydrogen-bond donors (Lipinski definition) is 3. The van der Waals surface area contributed by atoms with Gasteiger partial charge >= 0.3 is 6.18 Å². The van der Waals surface area contributed by atoms with E-state index < -0.39 is 11.9 Å². The molecule has 1 amide bonds. The van der Waals surface area contributed by atoms with Crippen molar-refractivity contribution >= 4 is 11.9 Å². The molecule has 1 unspecified atom stereocenters. The van der Waals surface area contributed by atoms with Crippen molar-refractivity contribution < 1.29 is 18.0 Å². The molecule has 0 saturated carbocycles. The van der Waals surface area contributed by atoms with Crippen LogP contribution in [-0.2, 0) is 11.0 Å². The highest BCUT2D eigenvalue weighted by Gasteiger charge is 2.32. The van der Waals surface area contributed by atoms with Crippen molar-refractivity contribution in [2.45, 2.75) is 25.1 Å². The summed E-state index contributed by atoms with van der Waals surface area (Å²) < 4.78 is 37.4. The van der Waals surface area contributed by atoms with Crippen molar-refractivity contribution in [2.24, 2.45) is 0 Å². The fourth-order valence-corrected chi connectivity index (χ4v) is 1.99. The van der Waals surface area contributed by atoms with E-state index in [0.717, 1.165) is 31.6 Å². The number of nitrogens with one attached hydrogen (secondary N) is 3. The van der Waals surface area contributed by atoms with E-state index in [2.05, 4.69) is 25.9 Å². The number of alkyl halides is 3. The summed E-state index contributed by atoms with van der Waals surface area (Å²) >= 11 is 0. The van der Waals surface area contributed by atoms with Crippen molar-refractivity contribution in [2.75, 3.05) is 25.0 Å². The molecule has 1 aromatic heterocycles. The van der Waals surface area contributed by atoms with E-state index in [1.54, 1.807) is 0 Å². The van der Waals surface area contributed by atoms with Gasteiger partial charge in [0.05, 0.1) is 6.04 Å². The molecule has 1 aliphatic rings. The molecule has 1 atom stereocenters. The Hall–Kier alpha value is -1.90. The molecule has 0 bridgehead atoms. The summed E-state index contributed by atoms with van der Waals surface area (Å²) in [6.45, 7) is 1.37. The van der Waals surface area contributed by atoms with Crippen LogP contribution in [0.15, 0.2) is 12.3 Å². The number of aromatic nitrogens is 2. The van der Waals surface area contributed by atoms with Gasteiger partial charge in [0.25, 0.3) is 0 Å². The van der Waals surface area contributed by atoms with Crippen LogP contribution in [0.4, 0.5) is 19.1 Å². The Bertz CT molecular complexity index is 488. The van der Waals surface area contributed by atoms with Crippen molar-refractivity contribution in [3.05, 3.63) is 18.0 Å². The summed E-state index contributed by atoms with van der Waals surface area (Å²) in [7, 11) is 0. The Kier molecular flexibility index (Phi) is 4.94. The summed E-state index contributed by atoms with van der Waals surface area (Å²) in [5, 5.41) is 8.40. The molecule has 0 aliphatic carbocycles. The summed E-state index contributed by atoms with van der Waals surface area (Å²) in [4.78, 5) is 18.7. The Morgan fingerprint density at radius 2 is 2.24 bits per heavy atom. The lowest BCUT2D eigenvalue weighted by molar-refractivity contribution is -0.141. The lowest BCUT2D eigenvalue weighted by Gasteiger charge is -2.12. The van der Waals surface area contributed by atoms with Crippen molar-refractivity contribution in [1.82, 2.24) is 20.6 Å². The van der Waals surface area contributed by atoms with Crippen LogP contribution in [0, 0.1) is 0 Å². The molecule has 1 saturated heterocycles. The fraction of sp³-hybridized carbons (Fsp3) is 0.583. The maximum absolute atomic E-state index is 12.5. The number of nitrogens with zero attached hydrogens (tertiary/aromatic N) is 2. The Morgan fingerprint density at radius 1 is 1.43 bits per heavy atom. The first-order chi connectivity index (χ1) is 9.97. The Morgan fingerprint density at radius 3 is 2.90 bits per heavy atom. The highest BCUT2D eigenvalue weighted by atomic mass is 19.4. The second kappa shape index (κ2) is 6.70. The SMILES string of the molecule is O=C(NCCNc1nccc(C(F)(F)F)n1)C1CCCN1. The largest absolute Gasteiger partial charge is 0.433 e. The predicted molar refractivity (Wildman–Crippen MR) is 69.6 cm³/mol. The van der Waals surface area contributed by atoms with Crippen LogP contribution in [0.25, 0.3) is 0 Å². The lowest BCUT2D eigenvalue weighted by Crippen LogP contribution is -2.42. The molecule has 21 heavy (non-hydrogen) atoms. The summed E-state index contributed by atoms with van der Waals surface area (Å²) in [5.41, 5.74) is -1.00. The Labute approximate surface area is 119 Å². The van der Waals surface area contributed by atoms with E-state index in [0.29, 0.717) is 0 Å². The first-order valence-corrected chi connectivity index (χ1v) is 6.62. The van der Waals surface area contributed by atoms with Gasteiger partial charge in [-0.1, -0.05) is 0 Å². The van der Waals surface area contributed by atoms with Crippen LogP contribution in [-0.4, -0.2) is 41.6 Å². The van der Waals surface area contributed by atoms with Crippen molar-refractivity contribution in [3.8, 4) is 0 Å². The number of amides is 1. The summed E-state index contributed by atoms with van der Waals surface area (Å²) in [6, 6.07) is 0.633. The molecule has 3 N–H and O–H groups in total. The molecule has 6 nitrogen and oxygen atoms in total. The second-order valence-corrected chi connectivity index (χ2v) is 4.63. The molecule has 116 valence electrons. The van der Waals surface area contributed by atoms with E-state index in [9.17, 15) is 18.0 Å². The van der Waals surface area contributed by atoms with E-state index in [1.165, 1.54) is 0 Å². The minimum absolute atomic E-state index is 0.0979. The molecule has 0 radical (unpaired) electrons. The maximum Gasteiger partial charge on any atom is 0.433 e. The third kappa shape index (κ3) is 4.55. The van der Waals surface area contributed by atoms with Crippen LogP contribution in [0.2, 0.25) is 0 Å². The minimum atomic E-state index is -4.50.